The lowest BCUT2D eigenvalue weighted by Gasteiger charge is -2.17. The lowest BCUT2D eigenvalue weighted by molar-refractivity contribution is -0.123. The molecule has 0 atom stereocenters. The number of halogens is 1. The number of benzene rings is 1. The summed E-state index contributed by atoms with van der Waals surface area (Å²) in [5, 5.41) is -0.231. The molecular weight excluding hydrogens is 453 g/mol. The van der Waals surface area contributed by atoms with Gasteiger partial charge in [-0.05, 0) is 92.7 Å². The van der Waals surface area contributed by atoms with Crippen molar-refractivity contribution >= 4 is 51.6 Å². The monoisotopic (exact) mass is 475 g/mol. The fourth-order valence-corrected chi connectivity index (χ4v) is 4.07. The summed E-state index contributed by atoms with van der Waals surface area (Å²) in [6.07, 6.45) is 1.76. The summed E-state index contributed by atoms with van der Waals surface area (Å²) in [5.74, 6) is 1.09. The minimum Gasteiger partial charge on any atom is -0.490 e. The summed E-state index contributed by atoms with van der Waals surface area (Å²) >= 11 is 3.16. The molecule has 2 amide bonds. The van der Waals surface area contributed by atoms with Gasteiger partial charge in [0.05, 0.1) is 21.2 Å². The van der Waals surface area contributed by atoms with Gasteiger partial charge in [0.15, 0.2) is 11.5 Å². The van der Waals surface area contributed by atoms with E-state index in [2.05, 4.69) is 22.6 Å². The highest BCUT2D eigenvalue weighted by Gasteiger charge is 2.36. The van der Waals surface area contributed by atoms with E-state index in [1.165, 1.54) is 4.90 Å². The van der Waals surface area contributed by atoms with Crippen molar-refractivity contribution in [3.63, 3.8) is 0 Å². The van der Waals surface area contributed by atoms with Crippen LogP contribution >= 0.6 is 34.4 Å². The largest absolute Gasteiger partial charge is 0.490 e. The van der Waals surface area contributed by atoms with Crippen LogP contribution in [0.5, 0.6) is 11.5 Å². The zero-order valence-electron chi connectivity index (χ0n) is 15.0. The molecule has 7 heteroatoms. The Kier molecular flexibility index (Phi) is 6.79. The molecule has 0 N–H and O–H groups in total. The molecule has 25 heavy (non-hydrogen) atoms. The van der Waals surface area contributed by atoms with Crippen molar-refractivity contribution in [1.29, 1.82) is 0 Å². The summed E-state index contributed by atoms with van der Waals surface area (Å²) in [6, 6.07) is 3.61. The number of amides is 2. The van der Waals surface area contributed by atoms with Gasteiger partial charge >= 0.3 is 0 Å². The first-order chi connectivity index (χ1) is 11.7. The Morgan fingerprint density at radius 3 is 2.44 bits per heavy atom. The van der Waals surface area contributed by atoms with Crippen molar-refractivity contribution in [3.05, 3.63) is 26.2 Å². The molecule has 0 aromatic heterocycles. The fraction of sp³-hybridized carbons (Fsp3) is 0.444. The maximum Gasteiger partial charge on any atom is 0.293 e. The van der Waals surface area contributed by atoms with Crippen molar-refractivity contribution in [2.45, 2.75) is 46.8 Å². The third kappa shape index (κ3) is 4.69. The van der Waals surface area contributed by atoms with Crippen molar-refractivity contribution < 1.29 is 19.1 Å². The maximum absolute atomic E-state index is 12.4. The molecule has 0 aliphatic carbocycles. The van der Waals surface area contributed by atoms with Gasteiger partial charge in [0.1, 0.15) is 0 Å². The number of hydrogen-bond donors (Lipinski definition) is 0. The average Bonchev–Trinajstić information content (AvgIpc) is 2.77. The number of thioether (sulfide) groups is 1. The molecule has 0 saturated carbocycles. The Labute approximate surface area is 166 Å². The number of ether oxygens (including phenoxy) is 2. The lowest BCUT2D eigenvalue weighted by Crippen LogP contribution is -2.34. The molecule has 0 unspecified atom stereocenters. The summed E-state index contributed by atoms with van der Waals surface area (Å²) in [5.41, 5.74) is 0.804. The van der Waals surface area contributed by atoms with E-state index in [4.69, 9.17) is 9.47 Å². The fourth-order valence-electron chi connectivity index (χ4n) is 2.36. The predicted molar refractivity (Wildman–Crippen MR) is 109 cm³/mol. The van der Waals surface area contributed by atoms with Gasteiger partial charge in [-0.1, -0.05) is 0 Å². The van der Waals surface area contributed by atoms with E-state index in [1.54, 1.807) is 6.08 Å². The van der Waals surface area contributed by atoms with Gasteiger partial charge in [-0.25, -0.2) is 0 Å². The summed E-state index contributed by atoms with van der Waals surface area (Å²) in [6.45, 7) is 9.99. The zero-order chi connectivity index (χ0) is 18.7. The quantitative estimate of drug-likeness (QED) is 0.432. The van der Waals surface area contributed by atoms with Gasteiger partial charge < -0.3 is 9.47 Å². The van der Waals surface area contributed by atoms with Crippen LogP contribution < -0.4 is 9.47 Å². The van der Waals surface area contributed by atoms with E-state index >= 15 is 0 Å². The Hall–Kier alpha value is -1.22. The standard InChI is InChI=1S/C18H22INO4S/c1-6-23-14-8-12(7-13(19)16(14)24-11(4)5)9-15-17(21)20(10(2)3)18(22)25-15/h7-11H,6H2,1-5H3/b15-9+. The highest BCUT2D eigenvalue weighted by atomic mass is 127. The summed E-state index contributed by atoms with van der Waals surface area (Å²) in [4.78, 5) is 26.2. The zero-order valence-corrected chi connectivity index (χ0v) is 17.9. The van der Waals surface area contributed by atoms with Crippen LogP contribution in [0.4, 0.5) is 4.79 Å². The molecule has 136 valence electrons. The van der Waals surface area contributed by atoms with Crippen LogP contribution in [0.15, 0.2) is 17.0 Å². The second-order valence-electron chi connectivity index (χ2n) is 6.08. The molecule has 2 rings (SSSR count). The molecule has 1 aliphatic rings. The first-order valence-corrected chi connectivity index (χ1v) is 10.0. The predicted octanol–water partition coefficient (Wildman–Crippen LogP) is 4.92. The summed E-state index contributed by atoms with van der Waals surface area (Å²) < 4.78 is 12.5. The third-order valence-corrected chi connectivity index (χ3v) is 5.01. The van der Waals surface area contributed by atoms with Gasteiger partial charge in [-0.15, -0.1) is 0 Å². The van der Waals surface area contributed by atoms with E-state index in [0.29, 0.717) is 23.0 Å². The molecule has 1 heterocycles. The molecular formula is C18H22INO4S. The van der Waals surface area contributed by atoms with E-state index < -0.39 is 0 Å². The second-order valence-corrected chi connectivity index (χ2v) is 8.23. The molecule has 1 fully saturated rings. The molecule has 1 aromatic rings. The maximum atomic E-state index is 12.4. The van der Waals surface area contributed by atoms with Crippen LogP contribution in [0, 0.1) is 3.57 Å². The minimum absolute atomic E-state index is 0.0288. The van der Waals surface area contributed by atoms with Crippen molar-refractivity contribution in [1.82, 2.24) is 4.90 Å². The number of carbonyl (C=O) groups excluding carboxylic acids is 2. The Morgan fingerprint density at radius 1 is 1.24 bits per heavy atom. The van der Waals surface area contributed by atoms with Crippen LogP contribution in [0.25, 0.3) is 6.08 Å². The van der Waals surface area contributed by atoms with E-state index in [-0.39, 0.29) is 23.3 Å². The average molecular weight is 475 g/mol. The topological polar surface area (TPSA) is 55.8 Å². The molecule has 0 radical (unpaired) electrons. The van der Waals surface area contributed by atoms with Crippen molar-refractivity contribution in [3.8, 4) is 11.5 Å². The normalized spacial score (nSPS) is 16.5. The Morgan fingerprint density at radius 2 is 1.92 bits per heavy atom. The number of imide groups is 1. The smallest absolute Gasteiger partial charge is 0.293 e. The highest BCUT2D eigenvalue weighted by Crippen LogP contribution is 2.38. The second kappa shape index (κ2) is 8.44. The first kappa shape index (κ1) is 20.1. The number of rotatable bonds is 6. The van der Waals surface area contributed by atoms with Gasteiger partial charge in [-0.2, -0.15) is 0 Å². The molecule has 1 aromatic carbocycles. The van der Waals surface area contributed by atoms with E-state index in [9.17, 15) is 9.59 Å². The lowest BCUT2D eigenvalue weighted by atomic mass is 10.1. The molecule has 0 bridgehead atoms. The number of carbonyl (C=O) groups is 2. The Bertz CT molecular complexity index is 715. The van der Waals surface area contributed by atoms with Crippen LogP contribution in [-0.2, 0) is 4.79 Å². The molecule has 1 aliphatic heterocycles. The highest BCUT2D eigenvalue weighted by molar-refractivity contribution is 14.1. The van der Waals surface area contributed by atoms with Gasteiger partial charge in [0.25, 0.3) is 11.1 Å². The third-order valence-electron chi connectivity index (χ3n) is 3.32. The van der Waals surface area contributed by atoms with Crippen molar-refractivity contribution in [2.75, 3.05) is 6.61 Å². The van der Waals surface area contributed by atoms with Gasteiger partial charge in [0, 0.05) is 6.04 Å². The van der Waals surface area contributed by atoms with Gasteiger partial charge in [-0.3, -0.25) is 14.5 Å². The van der Waals surface area contributed by atoms with E-state index in [0.717, 1.165) is 20.9 Å². The number of nitrogens with zero attached hydrogens (tertiary/aromatic N) is 1. The molecule has 5 nitrogen and oxygen atoms in total. The summed E-state index contributed by atoms with van der Waals surface area (Å²) in [7, 11) is 0. The Balaban J connectivity index is 2.40. The van der Waals surface area contributed by atoms with Crippen LogP contribution in [0.3, 0.4) is 0 Å². The van der Waals surface area contributed by atoms with E-state index in [1.807, 2.05) is 46.8 Å². The molecule has 0 spiro atoms. The SMILES string of the molecule is CCOc1cc(/C=C2/SC(=O)N(C(C)C)C2=O)cc(I)c1OC(C)C. The van der Waals surface area contributed by atoms with Gasteiger partial charge in [0.2, 0.25) is 0 Å². The first-order valence-electron chi connectivity index (χ1n) is 8.14. The van der Waals surface area contributed by atoms with Crippen LogP contribution in [0.2, 0.25) is 0 Å². The molecule has 1 saturated heterocycles. The van der Waals surface area contributed by atoms with Crippen molar-refractivity contribution in [2.24, 2.45) is 0 Å². The van der Waals surface area contributed by atoms with Crippen LogP contribution in [0.1, 0.15) is 40.2 Å². The minimum atomic E-state index is -0.250. The number of hydrogen-bond acceptors (Lipinski definition) is 5. The van der Waals surface area contributed by atoms with Crippen LogP contribution in [-0.4, -0.2) is 34.8 Å².